The number of ether oxygens (including phenoxy) is 2. The number of hydrogen-bond acceptors (Lipinski definition) is 6. The van der Waals surface area contributed by atoms with Crippen LogP contribution in [0.2, 0.25) is 0 Å². The van der Waals surface area contributed by atoms with Gasteiger partial charge in [0.1, 0.15) is 12.4 Å². The molecule has 158 valence electrons. The van der Waals surface area contributed by atoms with Crippen molar-refractivity contribution in [3.05, 3.63) is 68.7 Å². The molecule has 0 aliphatic heterocycles. The van der Waals surface area contributed by atoms with Gasteiger partial charge in [-0.1, -0.05) is 11.2 Å². The maximum atomic E-state index is 12.4. The molecule has 1 amide bonds. The summed E-state index contributed by atoms with van der Waals surface area (Å²) in [7, 11) is 3.39. The van der Waals surface area contributed by atoms with Crippen molar-refractivity contribution in [3.8, 4) is 11.5 Å². The van der Waals surface area contributed by atoms with Gasteiger partial charge in [-0.25, -0.2) is 0 Å². The van der Waals surface area contributed by atoms with Crippen LogP contribution in [0.15, 0.2) is 40.2 Å². The summed E-state index contributed by atoms with van der Waals surface area (Å²) in [4.78, 5) is 15.3. The summed E-state index contributed by atoms with van der Waals surface area (Å²) in [6, 6.07) is 7.63. The van der Waals surface area contributed by atoms with Gasteiger partial charge in [0.15, 0.2) is 11.5 Å². The van der Waals surface area contributed by atoms with Gasteiger partial charge in [0.25, 0.3) is 0 Å². The van der Waals surface area contributed by atoms with Crippen LogP contribution in [-0.4, -0.2) is 30.1 Å². The SMILES string of the molecule is COc1cc(/C=C/C(=O)N(C)Cc2sccc2C)ccc1OCc1c(C)noc1C. The van der Waals surface area contributed by atoms with Gasteiger partial charge >= 0.3 is 0 Å². The van der Waals surface area contributed by atoms with Crippen LogP contribution < -0.4 is 9.47 Å². The van der Waals surface area contributed by atoms with E-state index in [1.165, 1.54) is 10.4 Å². The zero-order valence-electron chi connectivity index (χ0n) is 17.9. The number of carbonyl (C=O) groups excluding carboxylic acids is 1. The normalized spacial score (nSPS) is 11.1. The monoisotopic (exact) mass is 426 g/mol. The highest BCUT2D eigenvalue weighted by atomic mass is 32.1. The fraction of sp³-hybridized carbons (Fsp3) is 0.304. The number of benzene rings is 1. The summed E-state index contributed by atoms with van der Waals surface area (Å²) in [6.45, 7) is 6.75. The summed E-state index contributed by atoms with van der Waals surface area (Å²) >= 11 is 1.66. The lowest BCUT2D eigenvalue weighted by atomic mass is 10.1. The molecule has 2 aromatic heterocycles. The summed E-state index contributed by atoms with van der Waals surface area (Å²) in [5, 5.41) is 5.98. The van der Waals surface area contributed by atoms with Crippen molar-refractivity contribution in [2.45, 2.75) is 33.9 Å². The minimum Gasteiger partial charge on any atom is -0.493 e. The Morgan fingerprint density at radius 1 is 1.23 bits per heavy atom. The second-order valence-electron chi connectivity index (χ2n) is 7.06. The van der Waals surface area contributed by atoms with Crippen molar-refractivity contribution >= 4 is 23.3 Å². The number of carbonyl (C=O) groups is 1. The van der Waals surface area contributed by atoms with Gasteiger partial charge in [-0.2, -0.15) is 0 Å². The van der Waals surface area contributed by atoms with Crippen LogP contribution in [0.25, 0.3) is 6.08 Å². The molecule has 3 rings (SSSR count). The van der Waals surface area contributed by atoms with Crippen LogP contribution in [0.1, 0.15) is 33.0 Å². The summed E-state index contributed by atoms with van der Waals surface area (Å²) in [5.74, 6) is 1.90. The molecule has 0 aliphatic rings. The van der Waals surface area contributed by atoms with E-state index in [-0.39, 0.29) is 5.91 Å². The molecule has 6 nitrogen and oxygen atoms in total. The predicted octanol–water partition coefficient (Wildman–Crippen LogP) is 4.92. The molecule has 7 heteroatoms. The van der Waals surface area contributed by atoms with Crippen LogP contribution in [-0.2, 0) is 17.9 Å². The summed E-state index contributed by atoms with van der Waals surface area (Å²) < 4.78 is 16.5. The maximum Gasteiger partial charge on any atom is 0.246 e. The molecule has 0 fully saturated rings. The molecule has 3 aromatic rings. The molecule has 0 bridgehead atoms. The van der Waals surface area contributed by atoms with E-state index in [1.807, 2.05) is 37.4 Å². The average molecular weight is 427 g/mol. The number of hydrogen-bond donors (Lipinski definition) is 0. The molecule has 0 aliphatic carbocycles. The van der Waals surface area contributed by atoms with Gasteiger partial charge in [0.2, 0.25) is 5.91 Å². The topological polar surface area (TPSA) is 64.8 Å². The Bertz CT molecular complexity index is 1030. The molecule has 0 atom stereocenters. The first kappa shape index (κ1) is 21.6. The largest absolute Gasteiger partial charge is 0.493 e. The lowest BCUT2D eigenvalue weighted by Gasteiger charge is -2.14. The van der Waals surface area contributed by atoms with Gasteiger partial charge in [-0.15, -0.1) is 11.3 Å². The highest BCUT2D eigenvalue weighted by molar-refractivity contribution is 7.10. The Hall–Kier alpha value is -3.06. The molecular formula is C23H26N2O4S. The van der Waals surface area contributed by atoms with Gasteiger partial charge in [-0.05, 0) is 61.6 Å². The average Bonchev–Trinajstić information content (AvgIpc) is 3.29. The highest BCUT2D eigenvalue weighted by Crippen LogP contribution is 2.30. The van der Waals surface area contributed by atoms with Crippen LogP contribution in [0, 0.1) is 20.8 Å². The second-order valence-corrected chi connectivity index (χ2v) is 8.06. The Labute approximate surface area is 180 Å². The molecule has 0 spiro atoms. The number of aromatic nitrogens is 1. The number of likely N-dealkylation sites (N-methyl/N-ethyl adjacent to an activating group) is 1. The van der Waals surface area contributed by atoms with E-state index in [9.17, 15) is 4.79 Å². The molecule has 0 saturated heterocycles. The minimum atomic E-state index is -0.0551. The van der Waals surface area contributed by atoms with Gasteiger partial charge < -0.3 is 18.9 Å². The third kappa shape index (κ3) is 5.10. The number of methoxy groups -OCH3 is 1. The fourth-order valence-electron chi connectivity index (χ4n) is 2.92. The van der Waals surface area contributed by atoms with Crippen molar-refractivity contribution < 1.29 is 18.8 Å². The Balaban J connectivity index is 1.65. The number of aryl methyl sites for hydroxylation is 3. The van der Waals surface area contributed by atoms with Crippen molar-refractivity contribution in [3.63, 3.8) is 0 Å². The highest BCUT2D eigenvalue weighted by Gasteiger charge is 2.12. The van der Waals surface area contributed by atoms with E-state index in [1.54, 1.807) is 42.5 Å². The third-order valence-electron chi connectivity index (χ3n) is 4.88. The lowest BCUT2D eigenvalue weighted by Crippen LogP contribution is -2.23. The zero-order chi connectivity index (χ0) is 21.7. The third-order valence-corrected chi connectivity index (χ3v) is 5.89. The number of thiophene rings is 1. The molecule has 30 heavy (non-hydrogen) atoms. The Morgan fingerprint density at radius 2 is 2.03 bits per heavy atom. The molecular weight excluding hydrogens is 400 g/mol. The van der Waals surface area contributed by atoms with Crippen molar-refractivity contribution in [1.82, 2.24) is 10.1 Å². The van der Waals surface area contributed by atoms with Crippen molar-refractivity contribution in [2.75, 3.05) is 14.2 Å². The standard InChI is InChI=1S/C23H26N2O4S/c1-15-10-11-30-22(15)13-25(4)23(26)9-7-18-6-8-20(21(12-18)27-5)28-14-19-16(2)24-29-17(19)3/h6-12H,13-14H2,1-5H3/b9-7+. The Morgan fingerprint density at radius 3 is 2.67 bits per heavy atom. The minimum absolute atomic E-state index is 0.0551. The maximum absolute atomic E-state index is 12.4. The quantitative estimate of drug-likeness (QED) is 0.478. The molecule has 1 aromatic carbocycles. The van der Waals surface area contributed by atoms with E-state index >= 15 is 0 Å². The number of nitrogens with zero attached hydrogens (tertiary/aromatic N) is 2. The van der Waals surface area contributed by atoms with Crippen LogP contribution in [0.5, 0.6) is 11.5 Å². The van der Waals surface area contributed by atoms with Crippen LogP contribution in [0.4, 0.5) is 0 Å². The lowest BCUT2D eigenvalue weighted by molar-refractivity contribution is -0.125. The number of rotatable bonds is 8. The second kappa shape index (κ2) is 9.63. The number of amides is 1. The molecule has 2 heterocycles. The van der Waals surface area contributed by atoms with Gasteiger partial charge in [0, 0.05) is 18.0 Å². The van der Waals surface area contributed by atoms with Crippen molar-refractivity contribution in [2.24, 2.45) is 0 Å². The molecule has 0 unspecified atom stereocenters. The van der Waals surface area contributed by atoms with E-state index in [4.69, 9.17) is 14.0 Å². The predicted molar refractivity (Wildman–Crippen MR) is 118 cm³/mol. The first-order valence-electron chi connectivity index (χ1n) is 9.57. The molecule has 0 N–H and O–H groups in total. The van der Waals surface area contributed by atoms with Gasteiger partial charge in [0.05, 0.1) is 24.9 Å². The summed E-state index contributed by atoms with van der Waals surface area (Å²) in [6.07, 6.45) is 3.35. The van der Waals surface area contributed by atoms with E-state index < -0.39 is 0 Å². The van der Waals surface area contributed by atoms with Gasteiger partial charge in [-0.3, -0.25) is 4.79 Å². The molecule has 0 radical (unpaired) electrons. The zero-order valence-corrected chi connectivity index (χ0v) is 18.7. The Kier molecular flexibility index (Phi) is 6.95. The molecule has 0 saturated carbocycles. The van der Waals surface area contributed by atoms with E-state index in [0.717, 1.165) is 22.6 Å². The fourth-order valence-corrected chi connectivity index (χ4v) is 3.88. The van der Waals surface area contributed by atoms with E-state index in [0.29, 0.717) is 24.7 Å². The van der Waals surface area contributed by atoms with E-state index in [2.05, 4.69) is 18.1 Å². The van der Waals surface area contributed by atoms with Crippen LogP contribution >= 0.6 is 11.3 Å². The van der Waals surface area contributed by atoms with Crippen LogP contribution in [0.3, 0.4) is 0 Å². The smallest absolute Gasteiger partial charge is 0.246 e. The first-order valence-corrected chi connectivity index (χ1v) is 10.5. The van der Waals surface area contributed by atoms with Crippen molar-refractivity contribution in [1.29, 1.82) is 0 Å². The first-order chi connectivity index (χ1) is 14.4. The summed E-state index contributed by atoms with van der Waals surface area (Å²) in [5.41, 5.74) is 3.80.